The largest absolute Gasteiger partial charge is 0.494 e. The van der Waals surface area contributed by atoms with Gasteiger partial charge in [0.25, 0.3) is 17.1 Å². The third kappa shape index (κ3) is 8.14. The van der Waals surface area contributed by atoms with E-state index < -0.39 is 23.6 Å². The fourth-order valence-electron chi connectivity index (χ4n) is 3.91. The van der Waals surface area contributed by atoms with Crippen LogP contribution >= 0.6 is 11.8 Å². The van der Waals surface area contributed by atoms with Gasteiger partial charge >= 0.3 is 0 Å². The molecule has 0 unspecified atom stereocenters. The summed E-state index contributed by atoms with van der Waals surface area (Å²) in [7, 11) is 0. The number of benzene rings is 3. The van der Waals surface area contributed by atoms with Crippen LogP contribution in [0, 0.1) is 6.92 Å². The number of nitrogens with one attached hydrogen (secondary N) is 2. The fourth-order valence-corrected chi connectivity index (χ4v) is 4.75. The molecule has 0 aromatic heterocycles. The molecular weight excluding hydrogens is 558 g/mol. The molecule has 3 aromatic rings. The Hall–Kier alpha value is -4.77. The van der Waals surface area contributed by atoms with E-state index in [1.54, 1.807) is 48.5 Å². The Balaban J connectivity index is 1.37. The number of ether oxygens (including phenoxy) is 3. The lowest BCUT2D eigenvalue weighted by Gasteiger charge is -2.13. The highest BCUT2D eigenvalue weighted by atomic mass is 32.2. The first-order chi connectivity index (χ1) is 20.2. The number of thioether (sulfide) groups is 1. The highest BCUT2D eigenvalue weighted by Crippen LogP contribution is 2.34. The van der Waals surface area contributed by atoms with E-state index >= 15 is 0 Å². The molecule has 0 saturated carbocycles. The van der Waals surface area contributed by atoms with Crippen LogP contribution in [-0.4, -0.2) is 54.2 Å². The van der Waals surface area contributed by atoms with Gasteiger partial charge in [-0.25, -0.2) is 0 Å². The molecule has 4 amide bonds. The summed E-state index contributed by atoms with van der Waals surface area (Å²) in [5.41, 5.74) is 2.85. The van der Waals surface area contributed by atoms with Crippen LogP contribution in [0.5, 0.6) is 17.2 Å². The summed E-state index contributed by atoms with van der Waals surface area (Å²) in [5.74, 6) is -0.00414. The second-order valence-electron chi connectivity index (χ2n) is 9.12. The number of nitrogens with zero attached hydrogens (tertiary/aromatic N) is 1. The zero-order chi connectivity index (χ0) is 30.1. The Labute approximate surface area is 248 Å². The minimum atomic E-state index is -0.571. The molecule has 3 aromatic carbocycles. The number of aryl methyl sites for hydroxylation is 1. The number of hydrogen-bond acceptors (Lipinski definition) is 8. The predicted molar refractivity (Wildman–Crippen MR) is 162 cm³/mol. The van der Waals surface area contributed by atoms with Gasteiger partial charge in [0.1, 0.15) is 12.3 Å². The van der Waals surface area contributed by atoms with Gasteiger partial charge < -0.3 is 24.8 Å². The molecule has 42 heavy (non-hydrogen) atoms. The van der Waals surface area contributed by atoms with Gasteiger partial charge in [0.2, 0.25) is 5.91 Å². The Morgan fingerprint density at radius 2 is 1.45 bits per heavy atom. The van der Waals surface area contributed by atoms with E-state index in [1.165, 1.54) is 0 Å². The number of carbonyl (C=O) groups is 4. The van der Waals surface area contributed by atoms with Crippen molar-refractivity contribution in [2.45, 2.75) is 20.8 Å². The Morgan fingerprint density at radius 3 is 2.12 bits per heavy atom. The van der Waals surface area contributed by atoms with Crippen LogP contribution in [0.4, 0.5) is 16.2 Å². The Kier molecular flexibility index (Phi) is 10.2. The minimum absolute atomic E-state index is 0.169. The maximum atomic E-state index is 13.0. The first-order valence-electron chi connectivity index (χ1n) is 13.3. The minimum Gasteiger partial charge on any atom is -0.494 e. The first-order valence-corrected chi connectivity index (χ1v) is 14.1. The van der Waals surface area contributed by atoms with Crippen LogP contribution in [0.25, 0.3) is 6.08 Å². The molecule has 11 heteroatoms. The van der Waals surface area contributed by atoms with Crippen molar-refractivity contribution in [2.24, 2.45) is 0 Å². The summed E-state index contributed by atoms with van der Waals surface area (Å²) in [6.45, 7) is 5.86. The van der Waals surface area contributed by atoms with Crippen molar-refractivity contribution < 1.29 is 33.4 Å². The molecule has 10 nitrogen and oxygen atoms in total. The lowest BCUT2D eigenvalue weighted by molar-refractivity contribution is -0.127. The van der Waals surface area contributed by atoms with Crippen molar-refractivity contribution in [2.75, 3.05) is 37.0 Å². The number of amides is 4. The van der Waals surface area contributed by atoms with E-state index in [4.69, 9.17) is 14.2 Å². The molecule has 1 fully saturated rings. The zero-order valence-corrected chi connectivity index (χ0v) is 24.3. The van der Waals surface area contributed by atoms with Crippen molar-refractivity contribution >= 4 is 52.2 Å². The van der Waals surface area contributed by atoms with Gasteiger partial charge in [-0.2, -0.15) is 0 Å². The molecule has 1 saturated heterocycles. The highest BCUT2D eigenvalue weighted by Gasteiger charge is 2.36. The molecule has 0 bridgehead atoms. The number of anilines is 2. The number of rotatable bonds is 12. The summed E-state index contributed by atoms with van der Waals surface area (Å²) < 4.78 is 16.8. The van der Waals surface area contributed by atoms with Gasteiger partial charge in [-0.05, 0) is 92.7 Å². The molecule has 0 radical (unpaired) electrons. The standard InChI is InChI=1S/C31H31N3O7S/c1-4-39-24-13-11-23(12-14-24)32-28(35)18-34-30(37)27(42-31(34)38)17-21-8-15-25(26(16-21)40-5-2)41-19-29(36)33-22-9-6-20(3)7-10-22/h6-17H,4-5,18-19H2,1-3H3,(H,32,35)(H,33,36)/b27-17-. The second kappa shape index (κ2) is 14.2. The van der Waals surface area contributed by atoms with Crippen LogP contribution in [0.3, 0.4) is 0 Å². The van der Waals surface area contributed by atoms with Crippen molar-refractivity contribution in [3.8, 4) is 17.2 Å². The van der Waals surface area contributed by atoms with Crippen molar-refractivity contribution in [3.05, 3.63) is 82.8 Å². The summed E-state index contributed by atoms with van der Waals surface area (Å²) in [6, 6.07) is 19.2. The first kappa shape index (κ1) is 30.2. The number of carbonyl (C=O) groups excluding carboxylic acids is 4. The maximum Gasteiger partial charge on any atom is 0.294 e. The molecule has 4 rings (SSSR count). The third-order valence-corrected chi connectivity index (χ3v) is 6.79. The van der Waals surface area contributed by atoms with Crippen molar-refractivity contribution in [3.63, 3.8) is 0 Å². The smallest absolute Gasteiger partial charge is 0.294 e. The van der Waals surface area contributed by atoms with E-state index in [-0.39, 0.29) is 17.4 Å². The molecule has 0 spiro atoms. The lowest BCUT2D eigenvalue weighted by Crippen LogP contribution is -2.36. The predicted octanol–water partition coefficient (Wildman–Crippen LogP) is 5.48. The molecule has 1 heterocycles. The van der Waals surface area contributed by atoms with Gasteiger partial charge in [0.15, 0.2) is 18.1 Å². The van der Waals surface area contributed by atoms with Gasteiger partial charge in [0, 0.05) is 11.4 Å². The van der Waals surface area contributed by atoms with E-state index in [2.05, 4.69) is 10.6 Å². The van der Waals surface area contributed by atoms with Gasteiger partial charge in [-0.15, -0.1) is 0 Å². The van der Waals surface area contributed by atoms with E-state index in [1.807, 2.05) is 45.0 Å². The average molecular weight is 590 g/mol. The molecule has 1 aliphatic heterocycles. The van der Waals surface area contributed by atoms with Gasteiger partial charge in [0.05, 0.1) is 18.1 Å². The van der Waals surface area contributed by atoms with Gasteiger partial charge in [-0.1, -0.05) is 23.8 Å². The highest BCUT2D eigenvalue weighted by molar-refractivity contribution is 8.18. The molecule has 0 atom stereocenters. The fraction of sp³-hybridized carbons (Fsp3) is 0.226. The van der Waals surface area contributed by atoms with Crippen LogP contribution in [-0.2, 0) is 14.4 Å². The zero-order valence-electron chi connectivity index (χ0n) is 23.5. The Bertz CT molecular complexity index is 1490. The molecule has 0 aliphatic carbocycles. The van der Waals surface area contributed by atoms with Crippen LogP contribution < -0.4 is 24.8 Å². The van der Waals surface area contributed by atoms with Gasteiger partial charge in [-0.3, -0.25) is 24.1 Å². The summed E-state index contributed by atoms with van der Waals surface area (Å²) in [5, 5.41) is 4.91. The summed E-state index contributed by atoms with van der Waals surface area (Å²) >= 11 is 0.749. The van der Waals surface area contributed by atoms with E-state index in [0.29, 0.717) is 47.4 Å². The van der Waals surface area contributed by atoms with Crippen LogP contribution in [0.15, 0.2) is 71.6 Å². The molecular formula is C31H31N3O7S. The summed E-state index contributed by atoms with van der Waals surface area (Å²) in [6.07, 6.45) is 1.55. The average Bonchev–Trinajstić information content (AvgIpc) is 3.22. The van der Waals surface area contributed by atoms with Crippen molar-refractivity contribution in [1.29, 1.82) is 0 Å². The maximum absolute atomic E-state index is 13.0. The van der Waals surface area contributed by atoms with E-state index in [0.717, 1.165) is 22.2 Å². The quantitative estimate of drug-likeness (QED) is 0.266. The third-order valence-electron chi connectivity index (χ3n) is 5.88. The molecule has 1 aliphatic rings. The normalized spacial score (nSPS) is 13.7. The molecule has 218 valence electrons. The topological polar surface area (TPSA) is 123 Å². The monoisotopic (exact) mass is 589 g/mol. The Morgan fingerprint density at radius 1 is 0.810 bits per heavy atom. The van der Waals surface area contributed by atoms with Crippen LogP contribution in [0.2, 0.25) is 0 Å². The number of hydrogen-bond donors (Lipinski definition) is 2. The lowest BCUT2D eigenvalue weighted by atomic mass is 10.2. The SMILES string of the molecule is CCOc1ccc(NC(=O)CN2C(=O)S/C(=C\c3ccc(OCC(=O)Nc4ccc(C)cc4)c(OCC)c3)C2=O)cc1. The van der Waals surface area contributed by atoms with E-state index in [9.17, 15) is 19.2 Å². The number of imide groups is 1. The summed E-state index contributed by atoms with van der Waals surface area (Å²) in [4.78, 5) is 51.5. The second-order valence-corrected chi connectivity index (χ2v) is 10.1. The van der Waals surface area contributed by atoms with Crippen molar-refractivity contribution in [1.82, 2.24) is 4.90 Å². The molecule has 2 N–H and O–H groups in total. The van der Waals surface area contributed by atoms with Crippen LogP contribution in [0.1, 0.15) is 25.0 Å².